The molecule has 0 saturated heterocycles. The fourth-order valence-electron chi connectivity index (χ4n) is 3.01. The number of fused-ring (bicyclic) bond motifs is 1. The van der Waals surface area contributed by atoms with Crippen LogP contribution in [0.15, 0.2) is 30.5 Å². The summed E-state index contributed by atoms with van der Waals surface area (Å²) in [4.78, 5) is 30.0. The number of hydrogen-bond acceptors (Lipinski definition) is 2. The second kappa shape index (κ2) is 7.59. The van der Waals surface area contributed by atoms with Crippen LogP contribution in [0, 0.1) is 0 Å². The standard InChI is InChI=1S/C19H26N4O2/c1-3-23(4-2)19(25)22-17(18(24)21-14-9-10-14)11-13-12-20-16-8-6-5-7-15(13)16/h5-8,12,14,17,20H,3-4,9-11H2,1-2H3,(H,21,24)(H,22,25)/t17-/m0/s1. The second-order valence-electron chi connectivity index (χ2n) is 6.52. The van der Waals surface area contributed by atoms with Gasteiger partial charge in [-0.15, -0.1) is 0 Å². The van der Waals surface area contributed by atoms with E-state index in [2.05, 4.69) is 15.6 Å². The zero-order valence-electron chi connectivity index (χ0n) is 14.8. The van der Waals surface area contributed by atoms with Crippen LogP contribution in [-0.2, 0) is 11.2 Å². The first kappa shape index (κ1) is 17.3. The Labute approximate surface area is 148 Å². The van der Waals surface area contributed by atoms with Crippen LogP contribution in [0.4, 0.5) is 4.79 Å². The second-order valence-corrected chi connectivity index (χ2v) is 6.52. The molecule has 0 unspecified atom stereocenters. The highest BCUT2D eigenvalue weighted by Gasteiger charge is 2.29. The number of para-hydroxylation sites is 1. The van der Waals surface area contributed by atoms with Gasteiger partial charge in [-0.1, -0.05) is 18.2 Å². The fraction of sp³-hybridized carbons (Fsp3) is 0.474. The molecule has 6 heteroatoms. The molecule has 0 aliphatic heterocycles. The van der Waals surface area contributed by atoms with Crippen LogP contribution < -0.4 is 10.6 Å². The molecule has 0 spiro atoms. The van der Waals surface area contributed by atoms with Crippen molar-refractivity contribution in [2.75, 3.05) is 13.1 Å². The molecule has 1 atom stereocenters. The van der Waals surface area contributed by atoms with Gasteiger partial charge in [0.15, 0.2) is 0 Å². The summed E-state index contributed by atoms with van der Waals surface area (Å²) in [5, 5.41) is 7.02. The first-order valence-electron chi connectivity index (χ1n) is 9.03. The Morgan fingerprint density at radius 3 is 2.64 bits per heavy atom. The molecule has 1 heterocycles. The number of benzene rings is 1. The van der Waals surface area contributed by atoms with Crippen LogP contribution >= 0.6 is 0 Å². The van der Waals surface area contributed by atoms with Crippen LogP contribution in [0.5, 0.6) is 0 Å². The molecule has 1 aliphatic carbocycles. The van der Waals surface area contributed by atoms with E-state index in [1.165, 1.54) is 0 Å². The molecule has 1 aromatic heterocycles. The van der Waals surface area contributed by atoms with E-state index in [0.29, 0.717) is 19.5 Å². The Bertz CT molecular complexity index is 747. The first-order valence-corrected chi connectivity index (χ1v) is 9.03. The minimum absolute atomic E-state index is 0.103. The van der Waals surface area contributed by atoms with Crippen molar-refractivity contribution in [3.8, 4) is 0 Å². The summed E-state index contributed by atoms with van der Waals surface area (Å²) in [6.45, 7) is 5.10. The number of H-pyrrole nitrogens is 1. The summed E-state index contributed by atoms with van der Waals surface area (Å²) < 4.78 is 0. The van der Waals surface area contributed by atoms with Crippen LogP contribution in [0.2, 0.25) is 0 Å². The van der Waals surface area contributed by atoms with Crippen molar-refractivity contribution in [2.45, 2.75) is 45.2 Å². The largest absolute Gasteiger partial charge is 0.361 e. The molecular formula is C19H26N4O2. The average Bonchev–Trinajstić information content (AvgIpc) is 3.34. The Kier molecular flexibility index (Phi) is 5.26. The Hall–Kier alpha value is -2.50. The van der Waals surface area contributed by atoms with Crippen LogP contribution in [0.3, 0.4) is 0 Å². The molecule has 3 amide bonds. The van der Waals surface area contributed by atoms with Gasteiger partial charge in [0.25, 0.3) is 0 Å². The van der Waals surface area contributed by atoms with Crippen molar-refractivity contribution in [3.05, 3.63) is 36.0 Å². The lowest BCUT2D eigenvalue weighted by Gasteiger charge is -2.24. The lowest BCUT2D eigenvalue weighted by molar-refractivity contribution is -0.123. The van der Waals surface area contributed by atoms with Crippen molar-refractivity contribution in [1.29, 1.82) is 0 Å². The monoisotopic (exact) mass is 342 g/mol. The number of rotatable bonds is 7. The fourth-order valence-corrected chi connectivity index (χ4v) is 3.01. The maximum absolute atomic E-state index is 12.6. The molecule has 1 aromatic carbocycles. The van der Waals surface area contributed by atoms with E-state index in [1.54, 1.807) is 4.90 Å². The van der Waals surface area contributed by atoms with E-state index in [9.17, 15) is 9.59 Å². The third kappa shape index (κ3) is 4.13. The number of nitrogens with one attached hydrogen (secondary N) is 3. The molecule has 1 fully saturated rings. The lowest BCUT2D eigenvalue weighted by Crippen LogP contribution is -2.52. The highest BCUT2D eigenvalue weighted by molar-refractivity contribution is 5.89. The van der Waals surface area contributed by atoms with Gasteiger partial charge in [-0.05, 0) is 38.3 Å². The number of urea groups is 1. The van der Waals surface area contributed by atoms with Gasteiger partial charge < -0.3 is 20.5 Å². The molecule has 0 bridgehead atoms. The molecular weight excluding hydrogens is 316 g/mol. The van der Waals surface area contributed by atoms with Crippen molar-refractivity contribution in [3.63, 3.8) is 0 Å². The highest BCUT2D eigenvalue weighted by Crippen LogP contribution is 2.21. The Morgan fingerprint density at radius 1 is 1.24 bits per heavy atom. The highest BCUT2D eigenvalue weighted by atomic mass is 16.2. The van der Waals surface area contributed by atoms with E-state index in [-0.39, 0.29) is 18.0 Å². The smallest absolute Gasteiger partial charge is 0.318 e. The van der Waals surface area contributed by atoms with E-state index in [1.807, 2.05) is 44.3 Å². The molecule has 1 saturated carbocycles. The lowest BCUT2D eigenvalue weighted by atomic mass is 10.0. The Balaban J connectivity index is 1.77. The number of hydrogen-bond donors (Lipinski definition) is 3. The summed E-state index contributed by atoms with van der Waals surface area (Å²) >= 11 is 0. The number of aromatic amines is 1. The van der Waals surface area contributed by atoms with Crippen LogP contribution in [-0.4, -0.2) is 47.0 Å². The van der Waals surface area contributed by atoms with E-state index in [4.69, 9.17) is 0 Å². The van der Waals surface area contributed by atoms with Gasteiger partial charge >= 0.3 is 6.03 Å². The maximum Gasteiger partial charge on any atom is 0.318 e. The predicted octanol–water partition coefficient (Wildman–Crippen LogP) is 2.41. The maximum atomic E-state index is 12.6. The summed E-state index contributed by atoms with van der Waals surface area (Å²) in [5.74, 6) is -0.103. The molecule has 6 nitrogen and oxygen atoms in total. The zero-order valence-corrected chi connectivity index (χ0v) is 14.8. The van der Waals surface area contributed by atoms with Gasteiger partial charge in [0.1, 0.15) is 6.04 Å². The van der Waals surface area contributed by atoms with Crippen molar-refractivity contribution in [1.82, 2.24) is 20.5 Å². The number of carbonyl (C=O) groups excluding carboxylic acids is 2. The van der Waals surface area contributed by atoms with Gasteiger partial charge in [-0.25, -0.2) is 4.79 Å². The number of aromatic nitrogens is 1. The minimum Gasteiger partial charge on any atom is -0.361 e. The third-order valence-corrected chi connectivity index (χ3v) is 4.69. The summed E-state index contributed by atoms with van der Waals surface area (Å²) in [6, 6.07) is 7.49. The van der Waals surface area contributed by atoms with E-state index in [0.717, 1.165) is 29.3 Å². The summed E-state index contributed by atoms with van der Waals surface area (Å²) in [7, 11) is 0. The molecule has 134 valence electrons. The summed E-state index contributed by atoms with van der Waals surface area (Å²) in [5.41, 5.74) is 2.07. The number of nitrogens with zero attached hydrogens (tertiary/aromatic N) is 1. The molecule has 25 heavy (non-hydrogen) atoms. The summed E-state index contributed by atoms with van der Waals surface area (Å²) in [6.07, 6.45) is 4.44. The van der Waals surface area contributed by atoms with Gasteiger partial charge in [-0.3, -0.25) is 4.79 Å². The van der Waals surface area contributed by atoms with Crippen LogP contribution in [0.25, 0.3) is 10.9 Å². The normalized spacial score (nSPS) is 15.0. The third-order valence-electron chi connectivity index (χ3n) is 4.69. The van der Waals surface area contributed by atoms with Crippen molar-refractivity contribution < 1.29 is 9.59 Å². The molecule has 2 aromatic rings. The topological polar surface area (TPSA) is 77.2 Å². The quantitative estimate of drug-likeness (QED) is 0.723. The molecule has 3 rings (SSSR count). The molecule has 3 N–H and O–H groups in total. The van der Waals surface area contributed by atoms with Crippen LogP contribution in [0.1, 0.15) is 32.3 Å². The molecule has 1 aliphatic rings. The first-order chi connectivity index (χ1) is 12.1. The SMILES string of the molecule is CCN(CC)C(=O)N[C@@H](Cc1c[nH]c2ccccc12)C(=O)NC1CC1. The Morgan fingerprint density at radius 2 is 1.96 bits per heavy atom. The number of amides is 3. The van der Waals surface area contributed by atoms with Gasteiger partial charge in [0, 0.05) is 42.7 Å². The van der Waals surface area contributed by atoms with Gasteiger partial charge in [-0.2, -0.15) is 0 Å². The molecule has 0 radical (unpaired) electrons. The number of carbonyl (C=O) groups is 2. The average molecular weight is 342 g/mol. The van der Waals surface area contributed by atoms with E-state index >= 15 is 0 Å². The van der Waals surface area contributed by atoms with E-state index < -0.39 is 6.04 Å². The predicted molar refractivity (Wildman–Crippen MR) is 98.4 cm³/mol. The minimum atomic E-state index is -0.576. The van der Waals surface area contributed by atoms with Gasteiger partial charge in [0.2, 0.25) is 5.91 Å². The zero-order chi connectivity index (χ0) is 17.8. The van der Waals surface area contributed by atoms with Gasteiger partial charge in [0.05, 0.1) is 0 Å². The van der Waals surface area contributed by atoms with Crippen molar-refractivity contribution in [2.24, 2.45) is 0 Å². The van der Waals surface area contributed by atoms with Crippen molar-refractivity contribution >= 4 is 22.8 Å².